The normalized spacial score (nSPS) is 10.8. The molecular formula is C18H10ClN3O4. The van der Waals surface area contributed by atoms with Crippen LogP contribution in [-0.2, 0) is 0 Å². The smallest absolute Gasteiger partial charge is 0.357 e. The van der Waals surface area contributed by atoms with Crippen LogP contribution in [0.3, 0.4) is 0 Å². The van der Waals surface area contributed by atoms with Crippen LogP contribution in [0.2, 0.25) is 5.02 Å². The number of hydrogen-bond acceptors (Lipinski definition) is 5. The Labute approximate surface area is 152 Å². The molecule has 0 saturated heterocycles. The molecule has 1 N–H and O–H groups in total. The maximum absolute atomic E-state index is 12.6. The first-order chi connectivity index (χ1) is 12.5. The second-order valence-corrected chi connectivity index (χ2v) is 5.53. The van der Waals surface area contributed by atoms with Crippen LogP contribution in [0.15, 0.2) is 51.9 Å². The van der Waals surface area contributed by atoms with Gasteiger partial charge in [-0.3, -0.25) is 4.79 Å². The summed E-state index contributed by atoms with van der Waals surface area (Å²) in [6, 6.07) is 11.1. The van der Waals surface area contributed by atoms with Crippen LogP contribution in [-0.4, -0.2) is 20.9 Å². The fraction of sp³-hybridized carbons (Fsp3) is 0. The van der Waals surface area contributed by atoms with E-state index in [4.69, 9.17) is 16.0 Å². The number of benzene rings is 1. The van der Waals surface area contributed by atoms with E-state index in [1.54, 1.807) is 18.2 Å². The van der Waals surface area contributed by atoms with Gasteiger partial charge in [-0.1, -0.05) is 11.6 Å². The third-order valence-electron chi connectivity index (χ3n) is 3.47. The lowest BCUT2D eigenvalue weighted by Crippen LogP contribution is -2.28. The molecule has 3 rings (SSSR count). The lowest BCUT2D eigenvalue weighted by Gasteiger charge is -2.09. The van der Waals surface area contributed by atoms with Crippen molar-refractivity contribution in [2.45, 2.75) is 0 Å². The fourth-order valence-electron chi connectivity index (χ4n) is 2.28. The second-order valence-electron chi connectivity index (χ2n) is 5.10. The third kappa shape index (κ3) is 3.27. The van der Waals surface area contributed by atoms with Crippen LogP contribution in [0.5, 0.6) is 0 Å². The van der Waals surface area contributed by atoms with Gasteiger partial charge in [-0.15, -0.1) is 0 Å². The summed E-state index contributed by atoms with van der Waals surface area (Å²) >= 11 is 5.82. The maximum atomic E-state index is 12.6. The molecule has 0 spiro atoms. The van der Waals surface area contributed by atoms with Gasteiger partial charge >= 0.3 is 5.97 Å². The molecule has 0 aliphatic heterocycles. The first-order valence-corrected chi connectivity index (χ1v) is 7.67. The molecule has 0 atom stereocenters. The van der Waals surface area contributed by atoms with E-state index in [1.807, 2.05) is 0 Å². The minimum atomic E-state index is -1.37. The van der Waals surface area contributed by atoms with E-state index < -0.39 is 17.2 Å². The van der Waals surface area contributed by atoms with Crippen LogP contribution in [0, 0.1) is 11.3 Å². The van der Waals surface area contributed by atoms with Gasteiger partial charge in [-0.25, -0.2) is 4.79 Å². The number of nitriles is 1. The molecule has 26 heavy (non-hydrogen) atoms. The number of carbonyl (C=O) groups is 1. The number of aromatic carboxylic acids is 1. The minimum absolute atomic E-state index is 0.0911. The van der Waals surface area contributed by atoms with E-state index in [2.05, 4.69) is 5.10 Å². The molecule has 8 heteroatoms. The van der Waals surface area contributed by atoms with Gasteiger partial charge < -0.3 is 9.52 Å². The van der Waals surface area contributed by atoms with Gasteiger partial charge in [0.15, 0.2) is 5.69 Å². The van der Waals surface area contributed by atoms with Crippen molar-refractivity contribution in [3.8, 4) is 11.8 Å². The van der Waals surface area contributed by atoms with E-state index in [0.717, 1.165) is 4.68 Å². The van der Waals surface area contributed by atoms with Crippen LogP contribution in [0.25, 0.3) is 17.8 Å². The average molecular weight is 368 g/mol. The first-order valence-electron chi connectivity index (χ1n) is 7.29. The summed E-state index contributed by atoms with van der Waals surface area (Å²) in [6.07, 6.45) is 4.22. The number of carboxylic acid groups (broad SMARTS) is 1. The van der Waals surface area contributed by atoms with Crippen LogP contribution in [0.4, 0.5) is 0 Å². The largest absolute Gasteiger partial charge is 0.476 e. The Balaban J connectivity index is 2.24. The second kappa shape index (κ2) is 7.09. The van der Waals surface area contributed by atoms with E-state index >= 15 is 0 Å². The van der Waals surface area contributed by atoms with Gasteiger partial charge in [0.1, 0.15) is 17.4 Å². The minimum Gasteiger partial charge on any atom is -0.476 e. The predicted octanol–water partition coefficient (Wildman–Crippen LogP) is 3.22. The van der Waals surface area contributed by atoms with Gasteiger partial charge in [-0.05, 0) is 48.6 Å². The van der Waals surface area contributed by atoms with Gasteiger partial charge in [0.2, 0.25) is 0 Å². The van der Waals surface area contributed by atoms with E-state index in [9.17, 15) is 20.0 Å². The van der Waals surface area contributed by atoms with E-state index in [-0.39, 0.29) is 11.1 Å². The molecule has 128 valence electrons. The summed E-state index contributed by atoms with van der Waals surface area (Å²) in [7, 11) is 0. The molecular weight excluding hydrogens is 358 g/mol. The number of halogens is 1. The van der Waals surface area contributed by atoms with E-state index in [0.29, 0.717) is 16.5 Å². The lowest BCUT2D eigenvalue weighted by molar-refractivity contribution is 0.0688. The molecule has 0 saturated carbocycles. The Morgan fingerprint density at radius 3 is 2.58 bits per heavy atom. The maximum Gasteiger partial charge on any atom is 0.357 e. The fourth-order valence-corrected chi connectivity index (χ4v) is 2.40. The summed E-state index contributed by atoms with van der Waals surface area (Å²) in [4.78, 5) is 24.3. The summed E-state index contributed by atoms with van der Waals surface area (Å²) in [5.74, 6) is -0.935. The van der Waals surface area contributed by atoms with Crippen molar-refractivity contribution in [2.24, 2.45) is 0 Å². The number of hydrogen-bond donors (Lipinski definition) is 1. The highest BCUT2D eigenvalue weighted by molar-refractivity contribution is 6.30. The van der Waals surface area contributed by atoms with Crippen LogP contribution >= 0.6 is 11.6 Å². The Bertz CT molecular complexity index is 1090. The zero-order chi connectivity index (χ0) is 18.7. The zero-order valence-electron chi connectivity index (χ0n) is 13.1. The Morgan fingerprint density at radius 1 is 1.27 bits per heavy atom. The third-order valence-corrected chi connectivity index (χ3v) is 3.73. The molecule has 0 fully saturated rings. The Morgan fingerprint density at radius 2 is 2.00 bits per heavy atom. The standard InChI is InChI=1S/C18H10ClN3O4/c19-11-3-5-12(6-4-11)22-17(23)15(10-20)14(16(21-22)18(24)25)8-7-13-2-1-9-26-13/h1-9H,(H,24,25)/b8-7+. The molecule has 3 aromatic rings. The van der Waals surface area contributed by atoms with Crippen LogP contribution < -0.4 is 5.56 Å². The molecule has 0 aliphatic rings. The molecule has 0 radical (unpaired) electrons. The van der Waals surface area contributed by atoms with Crippen molar-refractivity contribution < 1.29 is 14.3 Å². The monoisotopic (exact) mass is 367 g/mol. The van der Waals surface area contributed by atoms with Gasteiger partial charge in [-0.2, -0.15) is 15.0 Å². The van der Waals surface area contributed by atoms with Crippen molar-refractivity contribution in [3.63, 3.8) is 0 Å². The van der Waals surface area contributed by atoms with Gasteiger partial charge in [0.25, 0.3) is 5.56 Å². The highest BCUT2D eigenvalue weighted by Crippen LogP contribution is 2.17. The van der Waals surface area contributed by atoms with E-state index in [1.165, 1.54) is 42.7 Å². The van der Waals surface area contributed by atoms with Crippen molar-refractivity contribution in [1.29, 1.82) is 5.26 Å². The summed E-state index contributed by atoms with van der Waals surface area (Å²) in [5.41, 5.74) is -1.31. The molecule has 0 bridgehead atoms. The molecule has 0 aliphatic carbocycles. The van der Waals surface area contributed by atoms with Crippen molar-refractivity contribution in [2.75, 3.05) is 0 Å². The lowest BCUT2D eigenvalue weighted by atomic mass is 10.1. The molecule has 1 aromatic carbocycles. The number of carboxylic acids is 1. The summed E-state index contributed by atoms with van der Waals surface area (Å²) in [5, 5.41) is 23.3. The Kier molecular flexibility index (Phi) is 4.69. The Hall–Kier alpha value is -3.63. The number of furan rings is 1. The average Bonchev–Trinajstić information content (AvgIpc) is 3.14. The molecule has 0 unspecified atom stereocenters. The van der Waals surface area contributed by atoms with Crippen molar-refractivity contribution in [1.82, 2.24) is 9.78 Å². The summed E-state index contributed by atoms with van der Waals surface area (Å²) in [6.45, 7) is 0. The summed E-state index contributed by atoms with van der Waals surface area (Å²) < 4.78 is 5.99. The molecule has 2 aromatic heterocycles. The van der Waals surface area contributed by atoms with Crippen LogP contribution in [0.1, 0.15) is 27.4 Å². The number of rotatable bonds is 4. The van der Waals surface area contributed by atoms with Crippen molar-refractivity contribution in [3.05, 3.63) is 80.6 Å². The molecule has 2 heterocycles. The predicted molar refractivity (Wildman–Crippen MR) is 94.2 cm³/mol. The zero-order valence-corrected chi connectivity index (χ0v) is 13.8. The van der Waals surface area contributed by atoms with Crippen molar-refractivity contribution >= 4 is 29.7 Å². The first kappa shape index (κ1) is 17.2. The highest BCUT2D eigenvalue weighted by atomic mass is 35.5. The SMILES string of the molecule is N#Cc1c(/C=C/c2ccco2)c(C(=O)O)nn(-c2ccc(Cl)cc2)c1=O. The quantitative estimate of drug-likeness (QED) is 0.758. The molecule has 0 amide bonds. The highest BCUT2D eigenvalue weighted by Gasteiger charge is 2.21. The topological polar surface area (TPSA) is 109 Å². The number of nitrogens with zero attached hydrogens (tertiary/aromatic N) is 3. The van der Waals surface area contributed by atoms with Gasteiger partial charge in [0, 0.05) is 10.6 Å². The van der Waals surface area contributed by atoms with Gasteiger partial charge in [0.05, 0.1) is 12.0 Å². The number of aromatic nitrogens is 2. The molecule has 7 nitrogen and oxygen atoms in total.